The van der Waals surface area contributed by atoms with E-state index >= 15 is 0 Å². The highest BCUT2D eigenvalue weighted by molar-refractivity contribution is 5.94. The van der Waals surface area contributed by atoms with Crippen molar-refractivity contribution in [3.63, 3.8) is 0 Å². The van der Waals surface area contributed by atoms with E-state index in [1.807, 2.05) is 24.3 Å². The number of hydrogen-bond acceptors (Lipinski definition) is 4. The molecule has 1 saturated carbocycles. The van der Waals surface area contributed by atoms with Crippen LogP contribution in [0.1, 0.15) is 41.6 Å². The van der Waals surface area contributed by atoms with E-state index in [2.05, 4.69) is 16.7 Å². The molecule has 2 saturated heterocycles. The van der Waals surface area contributed by atoms with Crippen LogP contribution in [0.25, 0.3) is 0 Å². The predicted octanol–water partition coefficient (Wildman–Crippen LogP) is 3.35. The van der Waals surface area contributed by atoms with Crippen molar-refractivity contribution in [3.8, 4) is 0 Å². The van der Waals surface area contributed by atoms with Crippen LogP contribution in [-0.2, 0) is 9.53 Å². The molecule has 9 heteroatoms. The Kier molecular flexibility index (Phi) is 7.26. The normalized spacial score (nSPS) is 21.7. The molecule has 0 aromatic heterocycles. The van der Waals surface area contributed by atoms with Crippen LogP contribution in [-0.4, -0.2) is 78.4 Å². The lowest BCUT2D eigenvalue weighted by atomic mass is 9.60. The van der Waals surface area contributed by atoms with Gasteiger partial charge in [0.05, 0.1) is 13.2 Å². The Morgan fingerprint density at radius 3 is 2.03 bits per heavy atom. The number of piperidine rings is 1. The maximum atomic E-state index is 12.6. The first-order valence-corrected chi connectivity index (χ1v) is 10.6. The van der Waals surface area contributed by atoms with Crippen LogP contribution < -0.4 is 0 Å². The summed E-state index contributed by atoms with van der Waals surface area (Å²) in [7, 11) is 0. The summed E-state index contributed by atoms with van der Waals surface area (Å²) in [6.45, 7) is 7.87. The summed E-state index contributed by atoms with van der Waals surface area (Å²) in [6.07, 6.45) is -0.101. The number of morpholine rings is 1. The molecule has 1 spiro atoms. The molecule has 6 nitrogen and oxygen atoms in total. The van der Waals surface area contributed by atoms with Gasteiger partial charge in [0.2, 0.25) is 0 Å². The van der Waals surface area contributed by atoms with E-state index in [1.54, 1.807) is 0 Å². The first-order valence-electron chi connectivity index (χ1n) is 10.6. The van der Waals surface area contributed by atoms with E-state index in [-0.39, 0.29) is 5.91 Å². The number of aliphatic carboxylic acids is 1. The summed E-state index contributed by atoms with van der Waals surface area (Å²) in [6, 6.07) is 8.72. The largest absolute Gasteiger partial charge is 0.490 e. The molecule has 0 bridgehead atoms. The number of carbonyl (C=O) groups is 2. The number of amides is 1. The number of nitrogens with zero attached hydrogens (tertiary/aromatic N) is 2. The molecule has 2 aliphatic heterocycles. The van der Waals surface area contributed by atoms with Crippen molar-refractivity contribution >= 4 is 11.9 Å². The predicted molar refractivity (Wildman–Crippen MR) is 108 cm³/mol. The highest BCUT2D eigenvalue weighted by Gasteiger charge is 2.48. The zero-order chi connectivity index (χ0) is 22.6. The molecular formula is C22H29F3N2O4. The van der Waals surface area contributed by atoms with Crippen molar-refractivity contribution in [1.82, 2.24) is 9.80 Å². The molecule has 1 aliphatic carbocycles. The summed E-state index contributed by atoms with van der Waals surface area (Å²) in [5, 5.41) is 7.12. The SMILES string of the molecule is Cc1ccc(C(=O)N2CCC3(CC2)CC(N2CCOCC2)C3)cc1.O=C(O)C(F)(F)F. The Balaban J connectivity index is 0.000000339. The van der Waals surface area contributed by atoms with Gasteiger partial charge in [-0.1, -0.05) is 17.7 Å². The van der Waals surface area contributed by atoms with Gasteiger partial charge < -0.3 is 14.7 Å². The average molecular weight is 442 g/mol. The molecule has 1 aromatic rings. The fourth-order valence-corrected chi connectivity index (χ4v) is 4.61. The fourth-order valence-electron chi connectivity index (χ4n) is 4.61. The molecule has 31 heavy (non-hydrogen) atoms. The second-order valence-corrected chi connectivity index (χ2v) is 8.67. The molecule has 1 aromatic carbocycles. The quantitative estimate of drug-likeness (QED) is 0.761. The van der Waals surface area contributed by atoms with Crippen LogP contribution in [0.5, 0.6) is 0 Å². The number of likely N-dealkylation sites (tertiary alicyclic amines) is 1. The van der Waals surface area contributed by atoms with Gasteiger partial charge in [0.15, 0.2) is 0 Å². The Hall–Kier alpha value is -2.13. The van der Waals surface area contributed by atoms with Crippen LogP contribution >= 0.6 is 0 Å². The van der Waals surface area contributed by atoms with E-state index in [0.717, 1.165) is 51.0 Å². The molecule has 0 unspecified atom stereocenters. The number of ether oxygens (including phenoxy) is 1. The van der Waals surface area contributed by atoms with Gasteiger partial charge in [-0.3, -0.25) is 9.69 Å². The Morgan fingerprint density at radius 1 is 1.03 bits per heavy atom. The van der Waals surface area contributed by atoms with Crippen molar-refractivity contribution in [2.24, 2.45) is 5.41 Å². The molecular weight excluding hydrogens is 413 g/mol. The molecule has 2 heterocycles. The second-order valence-electron chi connectivity index (χ2n) is 8.67. The highest BCUT2D eigenvalue weighted by atomic mass is 19.4. The Morgan fingerprint density at radius 2 is 1.55 bits per heavy atom. The van der Waals surface area contributed by atoms with E-state index < -0.39 is 12.1 Å². The van der Waals surface area contributed by atoms with Gasteiger partial charge in [0.25, 0.3) is 5.91 Å². The van der Waals surface area contributed by atoms with E-state index in [4.69, 9.17) is 14.6 Å². The molecule has 3 fully saturated rings. The third-order valence-electron chi connectivity index (χ3n) is 6.55. The van der Waals surface area contributed by atoms with Gasteiger partial charge in [-0.2, -0.15) is 13.2 Å². The lowest BCUT2D eigenvalue weighted by molar-refractivity contribution is -0.192. The average Bonchev–Trinajstić information content (AvgIpc) is 2.72. The summed E-state index contributed by atoms with van der Waals surface area (Å²) in [5.74, 6) is -2.55. The zero-order valence-corrected chi connectivity index (χ0v) is 17.7. The minimum absolute atomic E-state index is 0.203. The molecule has 1 amide bonds. The van der Waals surface area contributed by atoms with Crippen molar-refractivity contribution in [1.29, 1.82) is 0 Å². The van der Waals surface area contributed by atoms with Crippen LogP contribution in [0, 0.1) is 12.3 Å². The molecule has 4 rings (SSSR count). The number of aryl methyl sites for hydroxylation is 1. The summed E-state index contributed by atoms with van der Waals surface area (Å²) >= 11 is 0. The van der Waals surface area contributed by atoms with E-state index in [9.17, 15) is 18.0 Å². The summed E-state index contributed by atoms with van der Waals surface area (Å²) < 4.78 is 37.2. The van der Waals surface area contributed by atoms with Crippen LogP contribution in [0.3, 0.4) is 0 Å². The summed E-state index contributed by atoms with van der Waals surface area (Å²) in [4.78, 5) is 26.2. The molecule has 0 atom stereocenters. The number of benzene rings is 1. The van der Waals surface area contributed by atoms with E-state index in [1.165, 1.54) is 31.2 Å². The van der Waals surface area contributed by atoms with E-state index in [0.29, 0.717) is 5.41 Å². The van der Waals surface area contributed by atoms with Gasteiger partial charge in [-0.15, -0.1) is 0 Å². The third kappa shape index (κ3) is 5.98. The summed E-state index contributed by atoms with van der Waals surface area (Å²) in [5.41, 5.74) is 2.54. The first-order chi connectivity index (χ1) is 14.6. The Labute approximate surface area is 180 Å². The number of alkyl halides is 3. The maximum absolute atomic E-state index is 12.6. The van der Waals surface area contributed by atoms with Crippen LogP contribution in [0.4, 0.5) is 13.2 Å². The van der Waals surface area contributed by atoms with Gasteiger partial charge in [0.1, 0.15) is 0 Å². The molecule has 0 radical (unpaired) electrons. The lowest BCUT2D eigenvalue weighted by Crippen LogP contribution is -2.57. The first kappa shape index (κ1) is 23.5. The number of carboxylic acids is 1. The van der Waals surface area contributed by atoms with Gasteiger partial charge in [0, 0.05) is 37.8 Å². The minimum Gasteiger partial charge on any atom is -0.475 e. The third-order valence-corrected chi connectivity index (χ3v) is 6.55. The van der Waals surface area contributed by atoms with Crippen molar-refractivity contribution in [2.75, 3.05) is 39.4 Å². The number of halogens is 3. The van der Waals surface area contributed by atoms with Crippen molar-refractivity contribution in [3.05, 3.63) is 35.4 Å². The van der Waals surface area contributed by atoms with Crippen molar-refractivity contribution in [2.45, 2.75) is 44.8 Å². The highest BCUT2D eigenvalue weighted by Crippen LogP contribution is 2.51. The fraction of sp³-hybridized carbons (Fsp3) is 0.636. The van der Waals surface area contributed by atoms with Crippen molar-refractivity contribution < 1.29 is 32.6 Å². The molecule has 1 N–H and O–H groups in total. The number of rotatable bonds is 2. The minimum atomic E-state index is -5.08. The second kappa shape index (κ2) is 9.56. The van der Waals surface area contributed by atoms with Gasteiger partial charge in [-0.25, -0.2) is 4.79 Å². The molecule has 172 valence electrons. The monoisotopic (exact) mass is 442 g/mol. The molecule has 3 aliphatic rings. The number of hydrogen-bond donors (Lipinski definition) is 1. The standard InChI is InChI=1S/C20H28N2O2.C2HF3O2/c1-16-2-4-17(5-3-16)19(23)22-8-6-20(7-9-22)14-18(15-20)21-10-12-24-13-11-21;3-2(4,5)1(6)7/h2-5,18H,6-15H2,1H3;(H,6,7). The number of carboxylic acid groups (broad SMARTS) is 1. The maximum Gasteiger partial charge on any atom is 0.490 e. The lowest BCUT2D eigenvalue weighted by Gasteiger charge is -2.55. The van der Waals surface area contributed by atoms with Crippen LogP contribution in [0.2, 0.25) is 0 Å². The topological polar surface area (TPSA) is 70.1 Å². The smallest absolute Gasteiger partial charge is 0.475 e. The Bertz CT molecular complexity index is 760. The number of carbonyl (C=O) groups excluding carboxylic acids is 1. The van der Waals surface area contributed by atoms with Gasteiger partial charge in [-0.05, 0) is 50.2 Å². The van der Waals surface area contributed by atoms with Crippen LogP contribution in [0.15, 0.2) is 24.3 Å². The van der Waals surface area contributed by atoms with Gasteiger partial charge >= 0.3 is 12.1 Å². The zero-order valence-electron chi connectivity index (χ0n) is 17.7.